The Balaban J connectivity index is 2.26. The highest BCUT2D eigenvalue weighted by Crippen LogP contribution is 2.54. The summed E-state index contributed by atoms with van der Waals surface area (Å²) >= 11 is 0. The van der Waals surface area contributed by atoms with Crippen LogP contribution in [0.4, 0.5) is 4.39 Å². The van der Waals surface area contributed by atoms with E-state index in [1.165, 1.54) is 12.1 Å². The molecule has 0 bridgehead atoms. The van der Waals surface area contributed by atoms with Gasteiger partial charge in [-0.3, -0.25) is 4.79 Å². The van der Waals surface area contributed by atoms with E-state index in [0.29, 0.717) is 5.56 Å². The van der Waals surface area contributed by atoms with Gasteiger partial charge in [-0.05, 0) is 49.4 Å². The highest BCUT2D eigenvalue weighted by Gasteiger charge is 2.58. The molecule has 0 aromatic heterocycles. The number of hydrogen-bond donors (Lipinski definition) is 0. The normalized spacial score (nSPS) is 22.8. The molecule has 0 fully saturated rings. The molecule has 0 spiro atoms. The van der Waals surface area contributed by atoms with Crippen LogP contribution in [0.3, 0.4) is 0 Å². The van der Waals surface area contributed by atoms with Crippen molar-refractivity contribution in [3.8, 4) is 0 Å². The van der Waals surface area contributed by atoms with Crippen LogP contribution in [0.2, 0.25) is 0 Å². The van der Waals surface area contributed by atoms with Crippen LogP contribution in [-0.4, -0.2) is 11.4 Å². The Morgan fingerprint density at radius 3 is 2.07 bits per heavy atom. The maximum atomic E-state index is 13.8. The lowest BCUT2D eigenvalue weighted by molar-refractivity contribution is -0.388. The molecule has 0 aliphatic heterocycles. The van der Waals surface area contributed by atoms with Crippen LogP contribution in [-0.2, 0) is 20.2 Å². The van der Waals surface area contributed by atoms with Gasteiger partial charge in [0, 0.05) is 5.56 Å². The first-order chi connectivity index (χ1) is 12.5. The first-order valence-corrected chi connectivity index (χ1v) is 9.23. The zero-order chi connectivity index (χ0) is 20.0. The highest BCUT2D eigenvalue weighted by atomic mass is 19.1. The average molecular weight is 370 g/mol. The summed E-state index contributed by atoms with van der Waals surface area (Å²) in [5.74, 6) is -0.814. The maximum Gasteiger partial charge on any atom is 0.212 e. The third-order valence-electron chi connectivity index (χ3n) is 4.79. The number of hydrogen-bond acceptors (Lipinski definition) is 3. The Kier molecular flexibility index (Phi) is 4.77. The average Bonchev–Trinajstić information content (AvgIpc) is 2.82. The second kappa shape index (κ2) is 6.54. The molecule has 0 heterocycles. The summed E-state index contributed by atoms with van der Waals surface area (Å²) in [4.78, 5) is 25.5. The van der Waals surface area contributed by atoms with E-state index in [1.807, 2.05) is 65.8 Å². The first-order valence-electron chi connectivity index (χ1n) is 9.23. The summed E-state index contributed by atoms with van der Waals surface area (Å²) in [5.41, 5.74) is -0.0857. The van der Waals surface area contributed by atoms with Crippen molar-refractivity contribution in [2.24, 2.45) is 5.41 Å². The largest absolute Gasteiger partial charge is 0.295 e. The number of rotatable bonds is 3. The second-order valence-corrected chi connectivity index (χ2v) is 9.22. The third-order valence-corrected chi connectivity index (χ3v) is 4.79. The topological polar surface area (TPSA) is 35.5 Å². The summed E-state index contributed by atoms with van der Waals surface area (Å²) in [7, 11) is 0. The van der Waals surface area contributed by atoms with Gasteiger partial charge in [0.05, 0.1) is 11.5 Å². The minimum absolute atomic E-state index is 0.0907. The van der Waals surface area contributed by atoms with E-state index in [2.05, 4.69) is 0 Å². The van der Waals surface area contributed by atoms with Gasteiger partial charge in [-0.2, -0.15) is 0 Å². The van der Waals surface area contributed by atoms with E-state index in [9.17, 15) is 9.18 Å². The number of Topliss-reactive ketones (excluding diaryl/α,β-unsaturated/α-hetero) is 1. The molecule has 0 radical (unpaired) electrons. The van der Waals surface area contributed by atoms with Crippen LogP contribution in [0.25, 0.3) is 0 Å². The van der Waals surface area contributed by atoms with E-state index in [1.54, 1.807) is 12.1 Å². The van der Waals surface area contributed by atoms with Crippen LogP contribution < -0.4 is 0 Å². The Morgan fingerprint density at radius 1 is 0.926 bits per heavy atom. The lowest BCUT2D eigenvalue weighted by atomic mass is 9.75. The molecule has 0 saturated heterocycles. The molecule has 1 aliphatic carbocycles. The summed E-state index contributed by atoms with van der Waals surface area (Å²) in [6.07, 6.45) is 0. The molecule has 3 nitrogen and oxygen atoms in total. The molecule has 2 atom stereocenters. The molecule has 0 N–H and O–H groups in total. The monoisotopic (exact) mass is 370 g/mol. The number of carbonyl (C=O) groups is 1. The van der Waals surface area contributed by atoms with Crippen molar-refractivity contribution in [3.05, 3.63) is 71.0 Å². The number of carbonyl (C=O) groups excluding carboxylic acids is 1. The lowest BCUT2D eigenvalue weighted by Crippen LogP contribution is -2.41. The van der Waals surface area contributed by atoms with Crippen LogP contribution in [0.1, 0.15) is 64.2 Å². The molecule has 144 valence electrons. The molecule has 0 saturated carbocycles. The fourth-order valence-corrected chi connectivity index (χ4v) is 3.71. The van der Waals surface area contributed by atoms with E-state index < -0.39 is 11.2 Å². The van der Waals surface area contributed by atoms with Crippen LogP contribution in [0, 0.1) is 11.2 Å². The molecule has 27 heavy (non-hydrogen) atoms. The summed E-state index contributed by atoms with van der Waals surface area (Å²) in [5, 5.41) is 0. The summed E-state index contributed by atoms with van der Waals surface area (Å²) in [6, 6.07) is 13.6. The Labute approximate surface area is 160 Å². The second-order valence-electron chi connectivity index (χ2n) is 9.22. The van der Waals surface area contributed by atoms with Gasteiger partial charge in [0.2, 0.25) is 5.60 Å². The van der Waals surface area contributed by atoms with Gasteiger partial charge in [0.1, 0.15) is 5.82 Å². The summed E-state index contributed by atoms with van der Waals surface area (Å²) < 4.78 is 13.6. The molecule has 2 aromatic rings. The van der Waals surface area contributed by atoms with Crippen molar-refractivity contribution >= 4 is 5.78 Å². The van der Waals surface area contributed by atoms with Crippen molar-refractivity contribution in [1.82, 2.24) is 0 Å². The van der Waals surface area contributed by atoms with Crippen LogP contribution >= 0.6 is 0 Å². The molecule has 4 heteroatoms. The first kappa shape index (κ1) is 19.7. The van der Waals surface area contributed by atoms with E-state index in [-0.39, 0.29) is 22.9 Å². The maximum absolute atomic E-state index is 13.8. The van der Waals surface area contributed by atoms with Gasteiger partial charge < -0.3 is 0 Å². The Morgan fingerprint density at radius 2 is 1.52 bits per heavy atom. The molecular weight excluding hydrogens is 343 g/mol. The number of halogens is 1. The number of fused-ring (bicyclic) bond motifs is 1. The molecule has 0 amide bonds. The van der Waals surface area contributed by atoms with E-state index in [4.69, 9.17) is 9.78 Å². The van der Waals surface area contributed by atoms with Gasteiger partial charge >= 0.3 is 0 Å². The summed E-state index contributed by atoms with van der Waals surface area (Å²) in [6.45, 7) is 11.7. The van der Waals surface area contributed by atoms with Crippen molar-refractivity contribution < 1.29 is 19.0 Å². The predicted molar refractivity (Wildman–Crippen MR) is 103 cm³/mol. The van der Waals surface area contributed by atoms with E-state index >= 15 is 0 Å². The van der Waals surface area contributed by atoms with Crippen LogP contribution in [0.15, 0.2) is 48.5 Å². The zero-order valence-corrected chi connectivity index (χ0v) is 16.8. The molecule has 0 unspecified atom stereocenters. The third kappa shape index (κ3) is 3.44. The lowest BCUT2D eigenvalue weighted by Gasteiger charge is -2.33. The van der Waals surface area contributed by atoms with Gasteiger partial charge in [-0.15, -0.1) is 0 Å². The van der Waals surface area contributed by atoms with Gasteiger partial charge in [-0.25, -0.2) is 14.2 Å². The molecule has 1 aliphatic rings. The minimum atomic E-state index is -1.42. The Hall–Kier alpha value is -2.04. The Bertz CT molecular complexity index is 843. The van der Waals surface area contributed by atoms with Gasteiger partial charge in [-0.1, -0.05) is 57.2 Å². The van der Waals surface area contributed by atoms with Crippen LogP contribution in [0.5, 0.6) is 0 Å². The number of benzene rings is 2. The predicted octanol–water partition coefficient (Wildman–Crippen LogP) is 5.53. The molecule has 2 aromatic carbocycles. The number of ketones is 1. The standard InChI is InChI=1S/C23H27FO3/c1-21(2,3)19-17-9-7-8-10-18(17)23(20(19)25,27-26-22(4,5)6)15-11-13-16(24)14-12-15/h7-14,19H,1-6H3/t19-,23-/m1/s1. The fraction of sp³-hybridized carbons (Fsp3) is 0.435. The fourth-order valence-electron chi connectivity index (χ4n) is 3.71. The van der Waals surface area contributed by atoms with Crippen molar-refractivity contribution in [2.45, 2.75) is 58.7 Å². The quantitative estimate of drug-likeness (QED) is 0.526. The van der Waals surface area contributed by atoms with Gasteiger partial charge in [0.25, 0.3) is 0 Å². The zero-order valence-electron chi connectivity index (χ0n) is 16.8. The smallest absolute Gasteiger partial charge is 0.212 e. The molecular formula is C23H27FO3. The van der Waals surface area contributed by atoms with E-state index in [0.717, 1.165) is 11.1 Å². The van der Waals surface area contributed by atoms with Crippen molar-refractivity contribution in [1.29, 1.82) is 0 Å². The SMILES string of the molecule is CC(C)(C)OO[C@@]1(c2ccc(F)cc2)C(=O)[C@H](C(C)(C)C)c2ccccc21. The van der Waals surface area contributed by atoms with Gasteiger partial charge in [0.15, 0.2) is 5.78 Å². The highest BCUT2D eigenvalue weighted by molar-refractivity contribution is 6.02. The van der Waals surface area contributed by atoms with Crippen molar-refractivity contribution in [2.75, 3.05) is 0 Å². The van der Waals surface area contributed by atoms with Crippen molar-refractivity contribution in [3.63, 3.8) is 0 Å². The molecule has 3 rings (SSSR count). The minimum Gasteiger partial charge on any atom is -0.295 e.